The van der Waals surface area contributed by atoms with Crippen LogP contribution in [0.1, 0.15) is 22.5 Å². The van der Waals surface area contributed by atoms with Crippen LogP contribution in [-0.4, -0.2) is 54.0 Å². The van der Waals surface area contributed by atoms with Gasteiger partial charge >= 0.3 is 0 Å². The number of aromatic nitrogens is 2. The Labute approximate surface area is 165 Å². The van der Waals surface area contributed by atoms with Crippen molar-refractivity contribution >= 4 is 22.6 Å². The molecular weight excluding hydrogens is 350 g/mol. The number of hydrogen-bond acceptors (Lipinski definition) is 5. The summed E-state index contributed by atoms with van der Waals surface area (Å²) in [4.78, 5) is 26.2. The maximum absolute atomic E-state index is 12.4. The van der Waals surface area contributed by atoms with Crippen molar-refractivity contribution in [1.29, 1.82) is 0 Å². The molecule has 6 heteroatoms. The second-order valence-electron chi connectivity index (χ2n) is 7.24. The van der Waals surface area contributed by atoms with Crippen LogP contribution in [0, 0.1) is 0 Å². The second kappa shape index (κ2) is 8.35. The third-order valence-corrected chi connectivity index (χ3v) is 5.14. The van der Waals surface area contributed by atoms with Gasteiger partial charge in [0, 0.05) is 37.8 Å². The van der Waals surface area contributed by atoms with Gasteiger partial charge in [0.1, 0.15) is 11.5 Å². The average Bonchev–Trinajstić information content (AvgIpc) is 2.96. The summed E-state index contributed by atoms with van der Waals surface area (Å²) >= 11 is 0. The third kappa shape index (κ3) is 4.28. The van der Waals surface area contributed by atoms with E-state index in [0.717, 1.165) is 54.9 Å². The van der Waals surface area contributed by atoms with Gasteiger partial charge in [-0.3, -0.25) is 4.79 Å². The van der Waals surface area contributed by atoms with Crippen LogP contribution in [0.2, 0.25) is 0 Å². The molecule has 0 bridgehead atoms. The molecule has 0 unspecified atom stereocenters. The number of amides is 1. The zero-order valence-corrected chi connectivity index (χ0v) is 16.1. The average molecular weight is 375 g/mol. The van der Waals surface area contributed by atoms with E-state index in [0.29, 0.717) is 12.2 Å². The monoisotopic (exact) mass is 375 g/mol. The Kier molecular flexibility index (Phi) is 5.48. The molecule has 0 saturated carbocycles. The number of carbonyl (C=O) groups excluding carboxylic acids is 1. The maximum atomic E-state index is 12.4. The Morgan fingerprint density at radius 3 is 2.79 bits per heavy atom. The molecule has 1 aliphatic heterocycles. The van der Waals surface area contributed by atoms with Crippen LogP contribution in [0.25, 0.3) is 10.9 Å². The van der Waals surface area contributed by atoms with Crippen LogP contribution >= 0.6 is 0 Å². The Balaban J connectivity index is 1.37. The highest BCUT2D eigenvalue weighted by molar-refractivity contribution is 5.94. The van der Waals surface area contributed by atoms with Crippen molar-refractivity contribution in [2.75, 3.05) is 38.1 Å². The summed E-state index contributed by atoms with van der Waals surface area (Å²) in [7, 11) is 2.16. The summed E-state index contributed by atoms with van der Waals surface area (Å²) in [6, 6.07) is 15.5. The van der Waals surface area contributed by atoms with Gasteiger partial charge in [0.25, 0.3) is 5.91 Å². The number of pyridine rings is 2. The molecule has 1 aliphatic rings. The van der Waals surface area contributed by atoms with E-state index in [1.807, 2.05) is 48.7 Å². The van der Waals surface area contributed by atoms with Gasteiger partial charge in [0.15, 0.2) is 0 Å². The van der Waals surface area contributed by atoms with Crippen molar-refractivity contribution in [3.8, 4) is 0 Å². The first-order chi connectivity index (χ1) is 13.7. The number of hydrogen-bond donors (Lipinski definition) is 1. The van der Waals surface area contributed by atoms with Crippen molar-refractivity contribution in [3.05, 3.63) is 66.0 Å². The molecular formula is C22H25N5O. The van der Waals surface area contributed by atoms with Crippen molar-refractivity contribution in [2.24, 2.45) is 0 Å². The van der Waals surface area contributed by atoms with Gasteiger partial charge in [-0.05, 0) is 43.8 Å². The van der Waals surface area contributed by atoms with E-state index < -0.39 is 0 Å². The molecule has 1 fully saturated rings. The maximum Gasteiger partial charge on any atom is 0.270 e. The molecule has 0 spiro atoms. The number of rotatable bonds is 4. The normalized spacial score (nSPS) is 15.4. The smallest absolute Gasteiger partial charge is 0.270 e. The number of fused-ring (bicyclic) bond motifs is 1. The van der Waals surface area contributed by atoms with Gasteiger partial charge in [-0.25, -0.2) is 9.97 Å². The Morgan fingerprint density at radius 1 is 1.04 bits per heavy atom. The van der Waals surface area contributed by atoms with Crippen LogP contribution < -0.4 is 10.2 Å². The highest BCUT2D eigenvalue weighted by Gasteiger charge is 2.13. The first-order valence-electron chi connectivity index (χ1n) is 9.71. The molecule has 1 N–H and O–H groups in total. The Morgan fingerprint density at radius 2 is 1.93 bits per heavy atom. The van der Waals surface area contributed by atoms with Crippen LogP contribution in [0.15, 0.2) is 54.7 Å². The molecule has 0 aliphatic carbocycles. The Bertz CT molecular complexity index is 957. The summed E-state index contributed by atoms with van der Waals surface area (Å²) in [5.74, 6) is 0.826. The van der Waals surface area contributed by atoms with E-state index >= 15 is 0 Å². The van der Waals surface area contributed by atoms with Crippen molar-refractivity contribution in [3.63, 3.8) is 0 Å². The molecule has 6 nitrogen and oxygen atoms in total. The highest BCUT2D eigenvalue weighted by atomic mass is 16.1. The lowest BCUT2D eigenvalue weighted by Crippen LogP contribution is -2.29. The molecule has 4 rings (SSSR count). The molecule has 1 aromatic carbocycles. The molecule has 144 valence electrons. The lowest BCUT2D eigenvalue weighted by atomic mass is 10.2. The fraction of sp³-hybridized carbons (Fsp3) is 0.318. The first kappa shape index (κ1) is 18.4. The van der Waals surface area contributed by atoms with Crippen molar-refractivity contribution in [1.82, 2.24) is 20.2 Å². The van der Waals surface area contributed by atoms with Crippen molar-refractivity contribution < 1.29 is 4.79 Å². The lowest BCUT2D eigenvalue weighted by Gasteiger charge is -2.21. The molecule has 3 heterocycles. The van der Waals surface area contributed by atoms with Gasteiger partial charge in [0.05, 0.1) is 5.52 Å². The van der Waals surface area contributed by atoms with Gasteiger partial charge in [-0.15, -0.1) is 0 Å². The lowest BCUT2D eigenvalue weighted by molar-refractivity contribution is 0.0946. The summed E-state index contributed by atoms with van der Waals surface area (Å²) in [6.45, 7) is 4.64. The SMILES string of the molecule is CN1CCCN(c2ccc(CNC(=O)c3ccc4ccccc4n3)cn2)CC1. The second-order valence-corrected chi connectivity index (χ2v) is 7.24. The minimum absolute atomic E-state index is 0.176. The highest BCUT2D eigenvalue weighted by Crippen LogP contribution is 2.15. The molecule has 1 saturated heterocycles. The summed E-state index contributed by atoms with van der Waals surface area (Å²) in [5, 5.41) is 3.96. The summed E-state index contributed by atoms with van der Waals surface area (Å²) in [6.07, 6.45) is 2.99. The van der Waals surface area contributed by atoms with Crippen molar-refractivity contribution in [2.45, 2.75) is 13.0 Å². The zero-order chi connectivity index (χ0) is 19.3. The van der Waals surface area contributed by atoms with E-state index in [4.69, 9.17) is 0 Å². The topological polar surface area (TPSA) is 61.4 Å². The zero-order valence-electron chi connectivity index (χ0n) is 16.1. The van der Waals surface area contributed by atoms with E-state index in [9.17, 15) is 4.79 Å². The summed E-state index contributed by atoms with van der Waals surface area (Å²) < 4.78 is 0. The minimum Gasteiger partial charge on any atom is -0.355 e. The molecule has 1 amide bonds. The largest absolute Gasteiger partial charge is 0.355 e. The number of likely N-dealkylation sites (N-methyl/N-ethyl adjacent to an activating group) is 1. The van der Waals surface area contributed by atoms with Gasteiger partial charge in [-0.2, -0.15) is 0 Å². The van der Waals surface area contributed by atoms with Gasteiger partial charge in [-0.1, -0.05) is 30.3 Å². The molecule has 3 aromatic rings. The van der Waals surface area contributed by atoms with Crippen LogP contribution in [0.5, 0.6) is 0 Å². The number of carbonyl (C=O) groups is 1. The van der Waals surface area contributed by atoms with E-state index in [-0.39, 0.29) is 5.91 Å². The van der Waals surface area contributed by atoms with E-state index in [1.165, 1.54) is 0 Å². The van der Waals surface area contributed by atoms with E-state index in [2.05, 4.69) is 32.1 Å². The summed E-state index contributed by atoms with van der Waals surface area (Å²) in [5.41, 5.74) is 2.23. The molecule has 0 atom stereocenters. The number of benzene rings is 1. The van der Waals surface area contributed by atoms with Crippen LogP contribution in [0.4, 0.5) is 5.82 Å². The predicted octanol–water partition coefficient (Wildman–Crippen LogP) is 2.70. The van der Waals surface area contributed by atoms with Gasteiger partial charge in [0.2, 0.25) is 0 Å². The van der Waals surface area contributed by atoms with Crippen LogP contribution in [0.3, 0.4) is 0 Å². The third-order valence-electron chi connectivity index (χ3n) is 5.14. The minimum atomic E-state index is -0.176. The predicted molar refractivity (Wildman–Crippen MR) is 111 cm³/mol. The standard InChI is InChI=1S/C22H25N5O/c1-26-11-4-12-27(14-13-26)21-10-7-17(15-23-21)16-24-22(28)20-9-8-18-5-2-3-6-19(18)25-20/h2-3,5-10,15H,4,11-14,16H2,1H3,(H,24,28). The van der Waals surface area contributed by atoms with E-state index in [1.54, 1.807) is 6.07 Å². The fourth-order valence-corrected chi connectivity index (χ4v) is 3.45. The Hall–Kier alpha value is -2.99. The van der Waals surface area contributed by atoms with Crippen LogP contribution in [-0.2, 0) is 6.54 Å². The molecule has 2 aromatic heterocycles. The molecule has 0 radical (unpaired) electrons. The molecule has 28 heavy (non-hydrogen) atoms. The fourth-order valence-electron chi connectivity index (χ4n) is 3.45. The quantitative estimate of drug-likeness (QED) is 0.760. The first-order valence-corrected chi connectivity index (χ1v) is 9.71. The number of nitrogens with zero attached hydrogens (tertiary/aromatic N) is 4. The number of para-hydroxylation sites is 1. The van der Waals surface area contributed by atoms with Gasteiger partial charge < -0.3 is 15.1 Å². The number of nitrogens with one attached hydrogen (secondary N) is 1. The number of anilines is 1.